The highest BCUT2D eigenvalue weighted by molar-refractivity contribution is 7.89. The van der Waals surface area contributed by atoms with E-state index in [0.717, 1.165) is 10.4 Å². The van der Waals surface area contributed by atoms with Crippen LogP contribution in [0.25, 0.3) is 0 Å². The molecule has 0 saturated heterocycles. The van der Waals surface area contributed by atoms with Gasteiger partial charge in [0, 0.05) is 20.1 Å². The van der Waals surface area contributed by atoms with Crippen LogP contribution in [-0.2, 0) is 10.0 Å². The van der Waals surface area contributed by atoms with E-state index >= 15 is 0 Å². The molecule has 0 spiro atoms. The van der Waals surface area contributed by atoms with Crippen molar-refractivity contribution in [1.29, 1.82) is 0 Å². The fraction of sp³-hybridized carbons (Fsp3) is 0.455. The smallest absolute Gasteiger partial charge is 0.293 e. The lowest BCUT2D eigenvalue weighted by Gasteiger charge is -2.17. The summed E-state index contributed by atoms with van der Waals surface area (Å²) >= 11 is 0. The first-order chi connectivity index (χ1) is 9.34. The van der Waals surface area contributed by atoms with Crippen molar-refractivity contribution in [3.63, 3.8) is 0 Å². The van der Waals surface area contributed by atoms with Crippen molar-refractivity contribution in [1.82, 2.24) is 9.62 Å². The highest BCUT2D eigenvalue weighted by atomic mass is 35.5. The third-order valence-corrected chi connectivity index (χ3v) is 4.63. The van der Waals surface area contributed by atoms with Crippen LogP contribution in [0, 0.1) is 10.1 Å². The number of ether oxygens (including phenoxy) is 1. The van der Waals surface area contributed by atoms with Gasteiger partial charge in [-0.3, -0.25) is 10.1 Å². The predicted molar refractivity (Wildman–Crippen MR) is 80.6 cm³/mol. The number of methoxy groups -OCH3 is 1. The zero-order valence-corrected chi connectivity index (χ0v) is 13.5. The molecule has 0 heterocycles. The minimum Gasteiger partial charge on any atom is -0.497 e. The Balaban J connectivity index is 0.00000400. The summed E-state index contributed by atoms with van der Waals surface area (Å²) in [5, 5.41) is 13.8. The number of likely N-dealkylation sites (N-methyl/N-ethyl adjacent to an activating group) is 2. The molecule has 8 nitrogen and oxygen atoms in total. The molecule has 0 atom stereocenters. The van der Waals surface area contributed by atoms with E-state index in [1.54, 1.807) is 7.05 Å². The number of nitrogens with zero attached hydrogens (tertiary/aromatic N) is 2. The molecule has 0 radical (unpaired) electrons. The normalized spacial score (nSPS) is 11.0. The molecule has 0 saturated carbocycles. The van der Waals surface area contributed by atoms with E-state index in [1.807, 2.05) is 0 Å². The number of hydrogen-bond acceptors (Lipinski definition) is 6. The van der Waals surface area contributed by atoms with E-state index in [0.29, 0.717) is 6.54 Å². The maximum absolute atomic E-state index is 12.3. The molecule has 10 heteroatoms. The molecule has 0 amide bonds. The monoisotopic (exact) mass is 339 g/mol. The SMILES string of the molecule is CNCCN(C)S(=O)(=O)c1ccc(OC)cc1[N+](=O)[O-].Cl. The number of benzene rings is 1. The Hall–Kier alpha value is -1.42. The Labute approximate surface area is 129 Å². The molecule has 0 fully saturated rings. The van der Waals surface area contributed by atoms with Crippen LogP contribution < -0.4 is 10.1 Å². The third-order valence-electron chi connectivity index (χ3n) is 2.73. The van der Waals surface area contributed by atoms with Crippen LogP contribution in [0.5, 0.6) is 5.75 Å². The van der Waals surface area contributed by atoms with E-state index in [1.165, 1.54) is 26.3 Å². The maximum atomic E-state index is 12.3. The van der Waals surface area contributed by atoms with Crippen LogP contribution in [0.15, 0.2) is 23.1 Å². The molecule has 0 aliphatic rings. The number of rotatable bonds is 7. The van der Waals surface area contributed by atoms with Crippen molar-refractivity contribution in [2.75, 3.05) is 34.3 Å². The quantitative estimate of drug-likeness (QED) is 0.584. The summed E-state index contributed by atoms with van der Waals surface area (Å²) < 4.78 is 30.6. The van der Waals surface area contributed by atoms with Gasteiger partial charge < -0.3 is 10.1 Å². The number of sulfonamides is 1. The maximum Gasteiger partial charge on any atom is 0.293 e. The van der Waals surface area contributed by atoms with Crippen molar-refractivity contribution in [2.45, 2.75) is 4.90 Å². The molecule has 0 bridgehead atoms. The van der Waals surface area contributed by atoms with E-state index in [2.05, 4.69) is 5.32 Å². The van der Waals surface area contributed by atoms with Crippen molar-refractivity contribution in [3.8, 4) is 5.75 Å². The molecular formula is C11H18ClN3O5S. The Morgan fingerprint density at radius 1 is 1.43 bits per heavy atom. The van der Waals surface area contributed by atoms with Gasteiger partial charge in [0.1, 0.15) is 5.75 Å². The molecule has 0 aromatic heterocycles. The highest BCUT2D eigenvalue weighted by Crippen LogP contribution is 2.29. The Morgan fingerprint density at radius 3 is 2.52 bits per heavy atom. The number of halogens is 1. The van der Waals surface area contributed by atoms with Gasteiger partial charge in [-0.2, -0.15) is 4.31 Å². The van der Waals surface area contributed by atoms with Crippen LogP contribution in [0.3, 0.4) is 0 Å². The summed E-state index contributed by atoms with van der Waals surface area (Å²) in [5.74, 6) is 0.230. The molecule has 0 aliphatic carbocycles. The average molecular weight is 340 g/mol. The first kappa shape index (κ1) is 19.6. The first-order valence-corrected chi connectivity index (χ1v) is 7.22. The topological polar surface area (TPSA) is 102 Å². The number of nitro benzene ring substituents is 1. The van der Waals surface area contributed by atoms with Crippen molar-refractivity contribution in [2.24, 2.45) is 0 Å². The van der Waals surface area contributed by atoms with Gasteiger partial charge in [0.05, 0.1) is 18.1 Å². The minimum atomic E-state index is -3.92. The lowest BCUT2D eigenvalue weighted by molar-refractivity contribution is -0.387. The lowest BCUT2D eigenvalue weighted by Crippen LogP contribution is -2.33. The van der Waals surface area contributed by atoms with Crippen molar-refractivity contribution < 1.29 is 18.1 Å². The van der Waals surface area contributed by atoms with Crippen molar-refractivity contribution in [3.05, 3.63) is 28.3 Å². The van der Waals surface area contributed by atoms with E-state index in [-0.39, 0.29) is 29.6 Å². The van der Waals surface area contributed by atoms with Gasteiger partial charge in [0.25, 0.3) is 5.69 Å². The minimum absolute atomic E-state index is 0. The van der Waals surface area contributed by atoms with Crippen molar-refractivity contribution >= 4 is 28.1 Å². The Morgan fingerprint density at radius 2 is 2.05 bits per heavy atom. The second-order valence-electron chi connectivity index (χ2n) is 4.02. The van der Waals surface area contributed by atoms with E-state index in [4.69, 9.17) is 4.74 Å². The summed E-state index contributed by atoms with van der Waals surface area (Å²) in [6.07, 6.45) is 0. The zero-order valence-electron chi connectivity index (χ0n) is 11.9. The first-order valence-electron chi connectivity index (χ1n) is 5.78. The lowest BCUT2D eigenvalue weighted by atomic mass is 10.3. The van der Waals surface area contributed by atoms with Crippen LogP contribution in [0.2, 0.25) is 0 Å². The van der Waals surface area contributed by atoms with Gasteiger partial charge in [-0.15, -0.1) is 12.4 Å². The van der Waals surface area contributed by atoms with E-state index < -0.39 is 20.6 Å². The van der Waals surface area contributed by atoms with Gasteiger partial charge in [0.15, 0.2) is 4.90 Å². The molecule has 0 aliphatic heterocycles. The van der Waals surface area contributed by atoms with Gasteiger partial charge in [0.2, 0.25) is 10.0 Å². The molecule has 21 heavy (non-hydrogen) atoms. The fourth-order valence-corrected chi connectivity index (χ4v) is 2.85. The summed E-state index contributed by atoms with van der Waals surface area (Å²) in [6, 6.07) is 3.66. The number of nitrogens with one attached hydrogen (secondary N) is 1. The summed E-state index contributed by atoms with van der Waals surface area (Å²) in [7, 11) is 0.504. The number of hydrogen-bond donors (Lipinski definition) is 1. The van der Waals surface area contributed by atoms with Gasteiger partial charge in [-0.25, -0.2) is 8.42 Å². The second kappa shape index (κ2) is 8.13. The molecule has 1 aromatic rings. The second-order valence-corrected chi connectivity index (χ2v) is 6.03. The average Bonchev–Trinajstić information content (AvgIpc) is 2.43. The zero-order chi connectivity index (χ0) is 15.3. The molecule has 0 unspecified atom stereocenters. The highest BCUT2D eigenvalue weighted by Gasteiger charge is 2.29. The third kappa shape index (κ3) is 4.53. The largest absolute Gasteiger partial charge is 0.497 e. The predicted octanol–water partition coefficient (Wildman–Crippen LogP) is 0.865. The van der Waals surface area contributed by atoms with Gasteiger partial charge >= 0.3 is 0 Å². The summed E-state index contributed by atoms with van der Waals surface area (Å²) in [4.78, 5) is 9.95. The van der Waals surface area contributed by atoms with Crippen LogP contribution in [0.1, 0.15) is 0 Å². The Kier molecular flexibility index (Phi) is 7.58. The van der Waals surface area contributed by atoms with Gasteiger partial charge in [-0.05, 0) is 19.2 Å². The standard InChI is InChI=1S/C11H17N3O5S.ClH/c1-12-6-7-13(2)20(17,18)11-5-4-9(19-3)8-10(11)14(15)16;/h4-5,8,12H,6-7H2,1-3H3;1H. The molecular weight excluding hydrogens is 322 g/mol. The van der Waals surface area contributed by atoms with Crippen LogP contribution in [0.4, 0.5) is 5.69 Å². The van der Waals surface area contributed by atoms with Gasteiger partial charge in [-0.1, -0.05) is 0 Å². The van der Waals surface area contributed by atoms with Crippen LogP contribution in [-0.4, -0.2) is 51.9 Å². The Bertz CT molecular complexity index is 594. The molecule has 1 N–H and O–H groups in total. The summed E-state index contributed by atoms with van der Waals surface area (Å²) in [6.45, 7) is 0.654. The molecule has 120 valence electrons. The fourth-order valence-electron chi connectivity index (χ4n) is 1.54. The number of nitro groups is 1. The summed E-state index contributed by atoms with van der Waals surface area (Å²) in [5.41, 5.74) is -0.499. The van der Waals surface area contributed by atoms with E-state index in [9.17, 15) is 18.5 Å². The van der Waals surface area contributed by atoms with Crippen LogP contribution >= 0.6 is 12.4 Å². The molecule has 1 aromatic carbocycles. The molecule has 1 rings (SSSR count).